The van der Waals surface area contributed by atoms with Gasteiger partial charge >= 0.3 is 0 Å². The Kier molecular flexibility index (Phi) is 4.66. The van der Waals surface area contributed by atoms with Crippen LogP contribution in [0.1, 0.15) is 21.5 Å². The van der Waals surface area contributed by atoms with E-state index in [1.54, 1.807) is 17.6 Å². The van der Waals surface area contributed by atoms with E-state index in [9.17, 15) is 4.79 Å². The average molecular weight is 256 g/mol. The van der Waals surface area contributed by atoms with Gasteiger partial charge in [0.15, 0.2) is 0 Å². The molecule has 0 spiro atoms. The maximum atomic E-state index is 11.1. The molecule has 0 atom stereocenters. The Balaban J connectivity index is 1.85. The second-order valence-corrected chi connectivity index (χ2v) is 4.23. The molecule has 0 radical (unpaired) electrons. The summed E-state index contributed by atoms with van der Waals surface area (Å²) in [5.41, 5.74) is 4.37. The quantitative estimate of drug-likeness (QED) is 0.567. The maximum absolute atomic E-state index is 11.1. The Hall–Kier alpha value is -2.17. The van der Waals surface area contributed by atoms with Crippen molar-refractivity contribution in [2.75, 3.05) is 0 Å². The number of hydrogen-bond donors (Lipinski definition) is 3. The van der Waals surface area contributed by atoms with Gasteiger partial charge in [0.25, 0.3) is 5.91 Å². The molecule has 0 saturated heterocycles. The third kappa shape index (κ3) is 3.91. The Morgan fingerprint density at radius 2 is 1.47 bits per heavy atom. The fraction of sp³-hybridized carbons (Fsp3) is 0.133. The molecule has 0 aliphatic carbocycles. The summed E-state index contributed by atoms with van der Waals surface area (Å²) in [6.07, 6.45) is 0. The monoisotopic (exact) mass is 256 g/mol. The van der Waals surface area contributed by atoms with E-state index < -0.39 is 5.91 Å². The molecule has 0 heterocycles. The average Bonchev–Trinajstić information content (AvgIpc) is 2.48. The van der Waals surface area contributed by atoms with Crippen molar-refractivity contribution in [2.45, 2.75) is 13.1 Å². The molecule has 0 aliphatic heterocycles. The van der Waals surface area contributed by atoms with Crippen LogP contribution in [0.3, 0.4) is 0 Å². The van der Waals surface area contributed by atoms with E-state index >= 15 is 0 Å². The Labute approximate surface area is 112 Å². The molecule has 4 heteroatoms. The number of rotatable bonds is 5. The van der Waals surface area contributed by atoms with Crippen molar-refractivity contribution in [2.24, 2.45) is 0 Å². The smallest absolute Gasteiger partial charge is 0.274 e. The zero-order valence-electron chi connectivity index (χ0n) is 10.5. The van der Waals surface area contributed by atoms with Crippen molar-refractivity contribution in [3.8, 4) is 0 Å². The molecule has 0 unspecified atom stereocenters. The molecule has 3 N–H and O–H groups in total. The number of carbonyl (C=O) groups is 1. The highest BCUT2D eigenvalue weighted by Gasteiger charge is 2.02. The molecule has 2 rings (SSSR count). The molecular weight excluding hydrogens is 240 g/mol. The lowest BCUT2D eigenvalue weighted by atomic mass is 10.1. The van der Waals surface area contributed by atoms with Gasteiger partial charge in [0.2, 0.25) is 0 Å². The number of amides is 1. The first-order valence-electron chi connectivity index (χ1n) is 6.07. The lowest BCUT2D eigenvalue weighted by Crippen LogP contribution is -2.18. The topological polar surface area (TPSA) is 61.4 Å². The van der Waals surface area contributed by atoms with Gasteiger partial charge in [-0.05, 0) is 23.3 Å². The molecule has 19 heavy (non-hydrogen) atoms. The molecule has 0 bridgehead atoms. The summed E-state index contributed by atoms with van der Waals surface area (Å²) in [5.74, 6) is -0.496. The van der Waals surface area contributed by atoms with Crippen LogP contribution in [0.4, 0.5) is 0 Å². The van der Waals surface area contributed by atoms with Crippen LogP contribution in [-0.4, -0.2) is 11.1 Å². The highest BCUT2D eigenvalue weighted by atomic mass is 16.5. The first kappa shape index (κ1) is 13.3. The minimum Gasteiger partial charge on any atom is -0.309 e. The fourth-order valence-electron chi connectivity index (χ4n) is 1.79. The van der Waals surface area contributed by atoms with Crippen molar-refractivity contribution >= 4 is 5.91 Å². The van der Waals surface area contributed by atoms with Crippen molar-refractivity contribution in [3.05, 3.63) is 71.3 Å². The molecule has 2 aromatic carbocycles. The van der Waals surface area contributed by atoms with E-state index in [4.69, 9.17) is 5.21 Å². The third-order valence-corrected chi connectivity index (χ3v) is 2.82. The molecule has 4 nitrogen and oxygen atoms in total. The minimum atomic E-state index is -0.496. The predicted molar refractivity (Wildman–Crippen MR) is 72.7 cm³/mol. The standard InChI is InChI=1S/C15H16N2O2/c18-15(17-19)14-8-6-13(7-9-14)11-16-10-12-4-2-1-3-5-12/h1-9,16,19H,10-11H2,(H,17,18). The van der Waals surface area contributed by atoms with E-state index in [1.807, 2.05) is 30.3 Å². The highest BCUT2D eigenvalue weighted by molar-refractivity contribution is 5.93. The van der Waals surface area contributed by atoms with E-state index in [0.717, 1.165) is 18.7 Å². The predicted octanol–water partition coefficient (Wildman–Crippen LogP) is 2.10. The number of nitrogens with one attached hydrogen (secondary N) is 2. The van der Waals surface area contributed by atoms with Crippen LogP contribution in [-0.2, 0) is 13.1 Å². The fourth-order valence-corrected chi connectivity index (χ4v) is 1.79. The van der Waals surface area contributed by atoms with Crippen LogP contribution < -0.4 is 10.8 Å². The number of hydrogen-bond acceptors (Lipinski definition) is 3. The van der Waals surface area contributed by atoms with Crippen LogP contribution in [0.5, 0.6) is 0 Å². The highest BCUT2D eigenvalue weighted by Crippen LogP contribution is 2.05. The largest absolute Gasteiger partial charge is 0.309 e. The van der Waals surface area contributed by atoms with Crippen molar-refractivity contribution in [1.29, 1.82) is 0 Å². The van der Waals surface area contributed by atoms with Gasteiger partial charge in [-0.1, -0.05) is 42.5 Å². The van der Waals surface area contributed by atoms with Crippen LogP contribution in [0.2, 0.25) is 0 Å². The second kappa shape index (κ2) is 6.68. The normalized spacial score (nSPS) is 10.2. The Bertz CT molecular complexity index is 524. The lowest BCUT2D eigenvalue weighted by Gasteiger charge is -2.06. The first-order valence-corrected chi connectivity index (χ1v) is 6.07. The summed E-state index contributed by atoms with van der Waals surface area (Å²) in [4.78, 5) is 11.1. The van der Waals surface area contributed by atoms with Gasteiger partial charge in [0, 0.05) is 18.7 Å². The second-order valence-electron chi connectivity index (χ2n) is 4.23. The summed E-state index contributed by atoms with van der Waals surface area (Å²) < 4.78 is 0. The maximum Gasteiger partial charge on any atom is 0.274 e. The summed E-state index contributed by atoms with van der Waals surface area (Å²) in [6.45, 7) is 1.54. The van der Waals surface area contributed by atoms with Gasteiger partial charge in [-0.15, -0.1) is 0 Å². The zero-order valence-corrected chi connectivity index (χ0v) is 10.5. The molecule has 0 aromatic heterocycles. The molecule has 0 fully saturated rings. The SMILES string of the molecule is O=C(NO)c1ccc(CNCc2ccccc2)cc1. The summed E-state index contributed by atoms with van der Waals surface area (Å²) >= 11 is 0. The van der Waals surface area contributed by atoms with Gasteiger partial charge in [-0.3, -0.25) is 10.0 Å². The van der Waals surface area contributed by atoms with E-state index in [0.29, 0.717) is 5.56 Å². The van der Waals surface area contributed by atoms with Gasteiger partial charge in [-0.2, -0.15) is 0 Å². The van der Waals surface area contributed by atoms with Gasteiger partial charge < -0.3 is 5.32 Å². The molecule has 2 aromatic rings. The Morgan fingerprint density at radius 1 is 0.895 bits per heavy atom. The van der Waals surface area contributed by atoms with Crippen LogP contribution >= 0.6 is 0 Å². The molecule has 0 saturated carbocycles. The summed E-state index contributed by atoms with van der Waals surface area (Å²) in [7, 11) is 0. The van der Waals surface area contributed by atoms with E-state index in [1.165, 1.54) is 5.56 Å². The van der Waals surface area contributed by atoms with Gasteiger partial charge in [0.05, 0.1) is 0 Å². The first-order chi connectivity index (χ1) is 9.29. The molecule has 0 aliphatic rings. The zero-order chi connectivity index (χ0) is 13.5. The Morgan fingerprint density at radius 3 is 2.05 bits per heavy atom. The van der Waals surface area contributed by atoms with E-state index in [2.05, 4.69) is 17.4 Å². The number of benzene rings is 2. The minimum absolute atomic E-state index is 0.439. The number of hydroxylamine groups is 1. The molecule has 98 valence electrons. The summed E-state index contributed by atoms with van der Waals surface area (Å²) in [6, 6.07) is 17.3. The van der Waals surface area contributed by atoms with Crippen molar-refractivity contribution in [3.63, 3.8) is 0 Å². The third-order valence-electron chi connectivity index (χ3n) is 2.82. The molecule has 1 amide bonds. The van der Waals surface area contributed by atoms with Crippen molar-refractivity contribution < 1.29 is 10.0 Å². The summed E-state index contributed by atoms with van der Waals surface area (Å²) in [5, 5.41) is 11.8. The molecular formula is C15H16N2O2. The van der Waals surface area contributed by atoms with Gasteiger partial charge in [0.1, 0.15) is 0 Å². The van der Waals surface area contributed by atoms with Crippen molar-refractivity contribution in [1.82, 2.24) is 10.8 Å². The lowest BCUT2D eigenvalue weighted by molar-refractivity contribution is 0.0706. The van der Waals surface area contributed by atoms with E-state index in [-0.39, 0.29) is 0 Å². The number of carbonyl (C=O) groups excluding carboxylic acids is 1. The van der Waals surface area contributed by atoms with Gasteiger partial charge in [-0.25, -0.2) is 5.48 Å². The van der Waals surface area contributed by atoms with Crippen LogP contribution in [0.25, 0.3) is 0 Å². The van der Waals surface area contributed by atoms with Crippen LogP contribution in [0.15, 0.2) is 54.6 Å². The van der Waals surface area contributed by atoms with Crippen LogP contribution in [0, 0.1) is 0 Å².